The quantitative estimate of drug-likeness (QED) is 0.909. The molecule has 1 unspecified atom stereocenters. The molecule has 0 aromatic carbocycles. The summed E-state index contributed by atoms with van der Waals surface area (Å²) in [6.45, 7) is 9.70. The monoisotopic (exact) mass is 334 g/mol. The van der Waals surface area contributed by atoms with Crippen LogP contribution in [0.3, 0.4) is 0 Å². The minimum atomic E-state index is -0.610. The van der Waals surface area contributed by atoms with Gasteiger partial charge in [0.2, 0.25) is 5.91 Å². The highest BCUT2D eigenvalue weighted by atomic mass is 16.6. The van der Waals surface area contributed by atoms with Gasteiger partial charge in [0.05, 0.1) is 0 Å². The van der Waals surface area contributed by atoms with Gasteiger partial charge >= 0.3 is 6.09 Å². The van der Waals surface area contributed by atoms with E-state index < -0.39 is 17.7 Å². The van der Waals surface area contributed by atoms with Crippen molar-refractivity contribution in [3.8, 4) is 0 Å². The van der Waals surface area contributed by atoms with Crippen molar-refractivity contribution >= 4 is 17.8 Å². The van der Waals surface area contributed by atoms with Crippen molar-refractivity contribution in [1.82, 2.24) is 15.2 Å². The molecule has 0 bridgehead atoms. The van der Waals surface area contributed by atoms with Crippen LogP contribution in [-0.4, -0.2) is 59.7 Å². The summed E-state index contributed by atoms with van der Waals surface area (Å²) in [5.74, 6) is 0.825. The lowest BCUT2D eigenvalue weighted by atomic mass is 10.2. The lowest BCUT2D eigenvalue weighted by Crippen LogP contribution is -2.54. The minimum absolute atomic E-state index is 0.0958. The third-order valence-electron chi connectivity index (χ3n) is 3.67. The Kier molecular flexibility index (Phi) is 5.64. The molecule has 2 heterocycles. The molecule has 7 nitrogen and oxygen atoms in total. The van der Waals surface area contributed by atoms with E-state index in [0.717, 1.165) is 18.9 Å². The van der Waals surface area contributed by atoms with E-state index in [4.69, 9.17) is 4.74 Å². The van der Waals surface area contributed by atoms with Gasteiger partial charge in [0.15, 0.2) is 0 Å². The van der Waals surface area contributed by atoms with Gasteiger partial charge in [-0.1, -0.05) is 6.07 Å². The zero-order valence-electron chi connectivity index (χ0n) is 14.8. The van der Waals surface area contributed by atoms with E-state index in [-0.39, 0.29) is 5.91 Å². The zero-order chi connectivity index (χ0) is 17.7. The van der Waals surface area contributed by atoms with Crippen LogP contribution in [0.4, 0.5) is 10.6 Å². The maximum atomic E-state index is 12.5. The predicted octanol–water partition coefficient (Wildman–Crippen LogP) is 1.64. The fraction of sp³-hybridized carbons (Fsp3) is 0.588. The van der Waals surface area contributed by atoms with Crippen molar-refractivity contribution in [3.05, 3.63) is 24.4 Å². The number of anilines is 1. The third-order valence-corrected chi connectivity index (χ3v) is 3.67. The Bertz CT molecular complexity index is 563. The van der Waals surface area contributed by atoms with Crippen molar-refractivity contribution in [2.45, 2.75) is 39.3 Å². The summed E-state index contributed by atoms with van der Waals surface area (Å²) in [5.41, 5.74) is -0.582. The average Bonchev–Trinajstić information content (AvgIpc) is 2.53. The Morgan fingerprint density at radius 3 is 2.42 bits per heavy atom. The molecule has 2 rings (SSSR count). The molecule has 1 saturated heterocycles. The van der Waals surface area contributed by atoms with Crippen LogP contribution in [0.25, 0.3) is 0 Å². The molecule has 1 aliphatic heterocycles. The van der Waals surface area contributed by atoms with Crippen LogP contribution in [-0.2, 0) is 9.53 Å². The Hall–Kier alpha value is -2.31. The second-order valence-electron chi connectivity index (χ2n) is 6.87. The third kappa shape index (κ3) is 5.11. The molecule has 0 aliphatic carbocycles. The second-order valence-corrected chi connectivity index (χ2v) is 6.87. The first-order valence-electron chi connectivity index (χ1n) is 8.20. The number of alkyl carbamates (subject to hydrolysis) is 1. The first kappa shape index (κ1) is 18.0. The molecule has 7 heteroatoms. The molecular formula is C17H26N4O3. The highest BCUT2D eigenvalue weighted by Gasteiger charge is 2.27. The number of hydrogen-bond acceptors (Lipinski definition) is 5. The van der Waals surface area contributed by atoms with E-state index in [9.17, 15) is 9.59 Å². The Balaban J connectivity index is 1.82. The van der Waals surface area contributed by atoms with Crippen molar-refractivity contribution in [2.75, 3.05) is 31.1 Å². The van der Waals surface area contributed by atoms with E-state index in [2.05, 4.69) is 15.2 Å². The fourth-order valence-electron chi connectivity index (χ4n) is 2.52. The summed E-state index contributed by atoms with van der Waals surface area (Å²) >= 11 is 0. The maximum absolute atomic E-state index is 12.5. The van der Waals surface area contributed by atoms with E-state index in [1.165, 1.54) is 0 Å². The molecule has 1 N–H and O–H groups in total. The smallest absolute Gasteiger partial charge is 0.408 e. The van der Waals surface area contributed by atoms with Gasteiger partial charge in [-0.3, -0.25) is 4.79 Å². The van der Waals surface area contributed by atoms with E-state index in [0.29, 0.717) is 13.1 Å². The number of carbonyl (C=O) groups excluding carboxylic acids is 2. The molecule has 24 heavy (non-hydrogen) atoms. The molecule has 1 aromatic rings. The molecule has 2 amide bonds. The van der Waals surface area contributed by atoms with Gasteiger partial charge in [0.25, 0.3) is 0 Å². The molecule has 0 spiro atoms. The van der Waals surface area contributed by atoms with E-state index >= 15 is 0 Å². The van der Waals surface area contributed by atoms with Crippen molar-refractivity contribution in [3.63, 3.8) is 0 Å². The topological polar surface area (TPSA) is 74.8 Å². The van der Waals surface area contributed by atoms with Gasteiger partial charge in [-0.2, -0.15) is 0 Å². The molecule has 0 radical (unpaired) electrons. The summed E-state index contributed by atoms with van der Waals surface area (Å²) in [7, 11) is 0. The Labute approximate surface area is 143 Å². The summed E-state index contributed by atoms with van der Waals surface area (Å²) in [6.07, 6.45) is 1.19. The van der Waals surface area contributed by atoms with Gasteiger partial charge in [-0.15, -0.1) is 0 Å². The van der Waals surface area contributed by atoms with E-state index in [1.54, 1.807) is 38.8 Å². The standard InChI is InChI=1S/C17H26N4O3/c1-13(19-16(23)24-17(2,3)4)15(22)21-11-9-20(10-12-21)14-7-5-6-8-18-14/h5-8,13H,9-12H2,1-4H3,(H,19,23). The number of nitrogens with one attached hydrogen (secondary N) is 1. The van der Waals surface area contributed by atoms with Gasteiger partial charge in [0, 0.05) is 32.4 Å². The van der Waals surface area contributed by atoms with Crippen LogP contribution in [0, 0.1) is 0 Å². The maximum Gasteiger partial charge on any atom is 0.408 e. The minimum Gasteiger partial charge on any atom is -0.444 e. The largest absolute Gasteiger partial charge is 0.444 e. The van der Waals surface area contributed by atoms with E-state index in [1.807, 2.05) is 18.2 Å². The van der Waals surface area contributed by atoms with Crippen molar-refractivity contribution < 1.29 is 14.3 Å². The number of nitrogens with zero attached hydrogens (tertiary/aromatic N) is 3. The van der Waals surface area contributed by atoms with Crippen LogP contribution in [0.1, 0.15) is 27.7 Å². The highest BCUT2D eigenvalue weighted by Crippen LogP contribution is 2.13. The number of ether oxygens (including phenoxy) is 1. The van der Waals surface area contributed by atoms with Crippen LogP contribution in [0.5, 0.6) is 0 Å². The van der Waals surface area contributed by atoms with Crippen molar-refractivity contribution in [2.24, 2.45) is 0 Å². The number of hydrogen-bond donors (Lipinski definition) is 1. The normalized spacial score (nSPS) is 16.5. The summed E-state index contributed by atoms with van der Waals surface area (Å²) < 4.78 is 5.18. The lowest BCUT2D eigenvalue weighted by Gasteiger charge is -2.36. The van der Waals surface area contributed by atoms with Crippen LogP contribution in [0.15, 0.2) is 24.4 Å². The zero-order valence-corrected chi connectivity index (χ0v) is 14.8. The first-order chi connectivity index (χ1) is 11.3. The molecule has 0 saturated carbocycles. The lowest BCUT2D eigenvalue weighted by molar-refractivity contribution is -0.133. The Morgan fingerprint density at radius 2 is 1.88 bits per heavy atom. The second kappa shape index (κ2) is 7.51. The Morgan fingerprint density at radius 1 is 1.21 bits per heavy atom. The summed E-state index contributed by atoms with van der Waals surface area (Å²) in [6, 6.07) is 5.19. The summed E-state index contributed by atoms with van der Waals surface area (Å²) in [4.78, 5) is 32.5. The van der Waals surface area contributed by atoms with Crippen LogP contribution < -0.4 is 10.2 Å². The van der Waals surface area contributed by atoms with Crippen LogP contribution >= 0.6 is 0 Å². The highest BCUT2D eigenvalue weighted by molar-refractivity contribution is 5.85. The number of piperazine rings is 1. The molecule has 1 atom stereocenters. The number of carbonyl (C=O) groups is 2. The molecule has 132 valence electrons. The average molecular weight is 334 g/mol. The number of rotatable bonds is 3. The fourth-order valence-corrected chi connectivity index (χ4v) is 2.52. The SMILES string of the molecule is CC(NC(=O)OC(C)(C)C)C(=O)N1CCN(c2ccccn2)CC1. The van der Waals surface area contributed by atoms with Crippen molar-refractivity contribution in [1.29, 1.82) is 0 Å². The van der Waals surface area contributed by atoms with Gasteiger partial charge in [-0.25, -0.2) is 9.78 Å². The number of aromatic nitrogens is 1. The summed E-state index contributed by atoms with van der Waals surface area (Å²) in [5, 5.41) is 2.60. The predicted molar refractivity (Wildman–Crippen MR) is 91.9 cm³/mol. The van der Waals surface area contributed by atoms with Gasteiger partial charge in [0.1, 0.15) is 17.5 Å². The molecule has 1 fully saturated rings. The number of pyridine rings is 1. The molecular weight excluding hydrogens is 308 g/mol. The molecule has 1 aliphatic rings. The van der Waals surface area contributed by atoms with Gasteiger partial charge in [-0.05, 0) is 39.8 Å². The number of amides is 2. The first-order valence-corrected chi connectivity index (χ1v) is 8.20. The molecule has 1 aromatic heterocycles. The van der Waals surface area contributed by atoms with Gasteiger partial charge < -0.3 is 19.9 Å². The van der Waals surface area contributed by atoms with Crippen LogP contribution in [0.2, 0.25) is 0 Å².